The highest BCUT2D eigenvalue weighted by molar-refractivity contribution is 7.89. The average molecular weight is 349 g/mol. The lowest BCUT2D eigenvalue weighted by atomic mass is 10.2. The van der Waals surface area contributed by atoms with Crippen LogP contribution >= 0.6 is 0 Å². The summed E-state index contributed by atoms with van der Waals surface area (Å²) in [6.07, 6.45) is 0. The van der Waals surface area contributed by atoms with Crippen LogP contribution in [0.25, 0.3) is 0 Å². The van der Waals surface area contributed by atoms with Crippen LogP contribution in [0.5, 0.6) is 5.75 Å². The van der Waals surface area contributed by atoms with Gasteiger partial charge in [-0.2, -0.15) is 0 Å². The molecule has 2 aromatic carbocycles. The van der Waals surface area contributed by atoms with Gasteiger partial charge in [0.05, 0.1) is 23.4 Å². The molecule has 3 N–H and O–H groups in total. The van der Waals surface area contributed by atoms with Crippen molar-refractivity contribution in [3.63, 3.8) is 0 Å². The topological polar surface area (TPSA) is 102 Å². The van der Waals surface area contributed by atoms with E-state index in [4.69, 9.17) is 9.88 Å². The van der Waals surface area contributed by atoms with Gasteiger partial charge in [-0.3, -0.25) is 4.79 Å². The van der Waals surface area contributed by atoms with Gasteiger partial charge in [-0.25, -0.2) is 13.6 Å². The molecule has 128 valence electrons. The molecule has 0 bridgehead atoms. The number of nitrogens with zero attached hydrogens (tertiary/aromatic N) is 1. The van der Waals surface area contributed by atoms with Crippen LogP contribution in [0.15, 0.2) is 47.4 Å². The monoisotopic (exact) mass is 349 g/mol. The molecule has 0 heterocycles. The van der Waals surface area contributed by atoms with Crippen molar-refractivity contribution in [1.29, 1.82) is 0 Å². The maximum Gasteiger partial charge on any atom is 0.255 e. The van der Waals surface area contributed by atoms with Crippen LogP contribution in [0.1, 0.15) is 10.4 Å². The quantitative estimate of drug-likeness (QED) is 0.855. The highest BCUT2D eigenvalue weighted by Gasteiger charge is 2.15. The minimum Gasteiger partial charge on any atom is -0.497 e. The van der Waals surface area contributed by atoms with E-state index in [9.17, 15) is 13.2 Å². The van der Waals surface area contributed by atoms with Crippen molar-refractivity contribution in [2.24, 2.45) is 5.14 Å². The fourth-order valence-corrected chi connectivity index (χ4v) is 2.66. The molecule has 0 saturated heterocycles. The minimum atomic E-state index is -3.86. The first-order valence-electron chi connectivity index (χ1n) is 7.02. The number of benzene rings is 2. The number of methoxy groups -OCH3 is 1. The molecule has 0 saturated carbocycles. The summed E-state index contributed by atoms with van der Waals surface area (Å²) in [7, 11) is 1.25. The van der Waals surface area contributed by atoms with Gasteiger partial charge in [0.2, 0.25) is 10.0 Å². The van der Waals surface area contributed by atoms with E-state index in [-0.39, 0.29) is 10.8 Å². The largest absolute Gasteiger partial charge is 0.497 e. The first kappa shape index (κ1) is 17.8. The maximum atomic E-state index is 12.4. The molecule has 7 nitrogen and oxygen atoms in total. The van der Waals surface area contributed by atoms with Crippen LogP contribution in [-0.2, 0) is 10.0 Å². The Hall–Kier alpha value is -2.58. The first-order valence-corrected chi connectivity index (χ1v) is 8.56. The second-order valence-electron chi connectivity index (χ2n) is 5.30. The van der Waals surface area contributed by atoms with Gasteiger partial charge in [0.25, 0.3) is 5.91 Å². The van der Waals surface area contributed by atoms with E-state index in [1.807, 2.05) is 0 Å². The normalized spacial score (nSPS) is 11.0. The third-order valence-electron chi connectivity index (χ3n) is 3.38. The molecule has 0 radical (unpaired) electrons. The highest BCUT2D eigenvalue weighted by Crippen LogP contribution is 2.28. The van der Waals surface area contributed by atoms with Crippen molar-refractivity contribution >= 4 is 27.3 Å². The Morgan fingerprint density at radius 1 is 1.12 bits per heavy atom. The molecule has 0 aliphatic carbocycles. The summed E-state index contributed by atoms with van der Waals surface area (Å²) < 4.78 is 28.1. The zero-order valence-corrected chi connectivity index (χ0v) is 14.4. The van der Waals surface area contributed by atoms with Crippen LogP contribution in [-0.4, -0.2) is 35.5 Å². The van der Waals surface area contributed by atoms with Gasteiger partial charge in [0, 0.05) is 19.7 Å². The Bertz CT molecular complexity index is 846. The van der Waals surface area contributed by atoms with Gasteiger partial charge in [-0.15, -0.1) is 0 Å². The number of sulfonamides is 1. The Balaban J connectivity index is 2.37. The Kier molecular flexibility index (Phi) is 5.10. The number of primary sulfonamides is 1. The van der Waals surface area contributed by atoms with Gasteiger partial charge in [-0.05, 0) is 42.5 Å². The van der Waals surface area contributed by atoms with E-state index in [0.29, 0.717) is 22.7 Å². The number of hydrogen-bond donors (Lipinski definition) is 2. The molecule has 2 rings (SSSR count). The summed E-state index contributed by atoms with van der Waals surface area (Å²) in [6.45, 7) is 0. The Labute approximate surface area is 141 Å². The number of carbonyl (C=O) groups is 1. The van der Waals surface area contributed by atoms with E-state index >= 15 is 0 Å². The lowest BCUT2D eigenvalue weighted by Gasteiger charge is -2.19. The summed E-state index contributed by atoms with van der Waals surface area (Å²) in [6, 6.07) is 10.9. The molecule has 1 amide bonds. The van der Waals surface area contributed by atoms with Gasteiger partial charge in [0.15, 0.2) is 0 Å². The molecule has 0 aliphatic heterocycles. The number of carbonyl (C=O) groups excluding carboxylic acids is 1. The molecule has 0 aliphatic rings. The smallest absolute Gasteiger partial charge is 0.255 e. The van der Waals surface area contributed by atoms with Crippen LogP contribution in [0.4, 0.5) is 11.4 Å². The standard InChI is InChI=1S/C16H19N3O4S/c1-19(2)15-9-8-13(24(17,21)22)10-14(15)18-16(20)11-4-6-12(23-3)7-5-11/h4-10H,1-3H3,(H,18,20)(H2,17,21,22). The fraction of sp³-hybridized carbons (Fsp3) is 0.188. The van der Waals surface area contributed by atoms with Gasteiger partial charge >= 0.3 is 0 Å². The summed E-state index contributed by atoms with van der Waals surface area (Å²) in [5.41, 5.74) is 1.43. The van der Waals surface area contributed by atoms with Crippen molar-refractivity contribution in [2.75, 3.05) is 31.4 Å². The number of nitrogens with two attached hydrogens (primary N) is 1. The summed E-state index contributed by atoms with van der Waals surface area (Å²) in [5.74, 6) is 0.268. The van der Waals surface area contributed by atoms with Crippen molar-refractivity contribution in [2.45, 2.75) is 4.90 Å². The third kappa shape index (κ3) is 4.03. The van der Waals surface area contributed by atoms with E-state index in [1.165, 1.54) is 19.2 Å². The van der Waals surface area contributed by atoms with Crippen molar-refractivity contribution in [1.82, 2.24) is 0 Å². The average Bonchev–Trinajstić information content (AvgIpc) is 2.53. The van der Waals surface area contributed by atoms with Crippen molar-refractivity contribution in [3.05, 3.63) is 48.0 Å². The number of amides is 1. The van der Waals surface area contributed by atoms with Crippen LogP contribution < -0.4 is 20.1 Å². The number of hydrogen-bond acceptors (Lipinski definition) is 5. The Morgan fingerprint density at radius 3 is 2.25 bits per heavy atom. The van der Waals surface area contributed by atoms with E-state index in [2.05, 4.69) is 5.32 Å². The summed E-state index contributed by atoms with van der Waals surface area (Å²) in [4.78, 5) is 14.1. The maximum absolute atomic E-state index is 12.4. The van der Waals surface area contributed by atoms with Crippen LogP contribution in [0, 0.1) is 0 Å². The number of anilines is 2. The summed E-state index contributed by atoms with van der Waals surface area (Å²) >= 11 is 0. The third-order valence-corrected chi connectivity index (χ3v) is 4.29. The zero-order valence-electron chi connectivity index (χ0n) is 13.6. The summed E-state index contributed by atoms with van der Waals surface area (Å²) in [5, 5.41) is 7.87. The van der Waals surface area contributed by atoms with Crippen molar-refractivity contribution < 1.29 is 17.9 Å². The van der Waals surface area contributed by atoms with Crippen LogP contribution in [0.3, 0.4) is 0 Å². The molecule has 8 heteroatoms. The van der Waals surface area contributed by atoms with Gasteiger partial charge < -0.3 is 15.0 Å². The van der Waals surface area contributed by atoms with Crippen LogP contribution in [0.2, 0.25) is 0 Å². The zero-order chi connectivity index (χ0) is 17.9. The molecular formula is C16H19N3O4S. The molecule has 0 spiro atoms. The molecule has 0 aromatic heterocycles. The fourth-order valence-electron chi connectivity index (χ4n) is 2.12. The molecule has 0 fully saturated rings. The van der Waals surface area contributed by atoms with Crippen molar-refractivity contribution in [3.8, 4) is 5.75 Å². The number of ether oxygens (including phenoxy) is 1. The highest BCUT2D eigenvalue weighted by atomic mass is 32.2. The predicted molar refractivity (Wildman–Crippen MR) is 93.1 cm³/mol. The second kappa shape index (κ2) is 6.90. The number of nitrogens with one attached hydrogen (secondary N) is 1. The second-order valence-corrected chi connectivity index (χ2v) is 6.86. The Morgan fingerprint density at radius 2 is 1.75 bits per heavy atom. The van der Waals surface area contributed by atoms with E-state index in [0.717, 1.165) is 0 Å². The number of rotatable bonds is 5. The SMILES string of the molecule is COc1ccc(C(=O)Nc2cc(S(N)(=O)=O)ccc2N(C)C)cc1. The molecule has 0 atom stereocenters. The molecule has 24 heavy (non-hydrogen) atoms. The van der Waals surface area contributed by atoms with Gasteiger partial charge in [-0.1, -0.05) is 0 Å². The molecule has 0 unspecified atom stereocenters. The van der Waals surface area contributed by atoms with E-state index < -0.39 is 10.0 Å². The minimum absolute atomic E-state index is 0.0712. The molecular weight excluding hydrogens is 330 g/mol. The first-order chi connectivity index (χ1) is 11.2. The lowest BCUT2D eigenvalue weighted by molar-refractivity contribution is 0.102. The van der Waals surface area contributed by atoms with Gasteiger partial charge in [0.1, 0.15) is 5.75 Å². The predicted octanol–water partition coefficient (Wildman–Crippen LogP) is 1.66. The van der Waals surface area contributed by atoms with E-state index in [1.54, 1.807) is 49.3 Å². The lowest BCUT2D eigenvalue weighted by Crippen LogP contribution is -2.18. The molecule has 2 aromatic rings.